The topological polar surface area (TPSA) is 96.3 Å². The summed E-state index contributed by atoms with van der Waals surface area (Å²) in [4.78, 5) is 27.0. The summed E-state index contributed by atoms with van der Waals surface area (Å²) < 4.78 is 10.6. The molecule has 2 N–H and O–H groups in total. The molecule has 1 heterocycles. The Bertz CT molecular complexity index is 978. The zero-order valence-corrected chi connectivity index (χ0v) is 17.3. The van der Waals surface area contributed by atoms with E-state index in [9.17, 15) is 19.8 Å². The van der Waals surface area contributed by atoms with Gasteiger partial charge in [-0.05, 0) is 48.4 Å². The van der Waals surface area contributed by atoms with Gasteiger partial charge >= 0.3 is 0 Å². The molecule has 0 aromatic heterocycles. The monoisotopic (exact) mass is 423 g/mol. The van der Waals surface area contributed by atoms with E-state index in [1.807, 2.05) is 0 Å². The number of likely N-dealkylation sites (tertiary alicyclic amines) is 1. The quantitative estimate of drug-likeness (QED) is 0.279. The van der Waals surface area contributed by atoms with Crippen LogP contribution in [0, 0.1) is 0 Å². The fraction of sp³-hybridized carbons (Fsp3) is 0.250. The first-order chi connectivity index (χ1) is 15.0. The van der Waals surface area contributed by atoms with Gasteiger partial charge in [0, 0.05) is 18.7 Å². The Morgan fingerprint density at radius 2 is 1.74 bits per heavy atom. The molecule has 1 fully saturated rings. The summed E-state index contributed by atoms with van der Waals surface area (Å²) in [5, 5.41) is 20.2. The maximum absolute atomic E-state index is 12.9. The van der Waals surface area contributed by atoms with Gasteiger partial charge in [0.05, 0.1) is 18.7 Å². The fourth-order valence-corrected chi connectivity index (χ4v) is 3.50. The first-order valence-corrected chi connectivity index (χ1v) is 9.89. The third-order valence-corrected chi connectivity index (χ3v) is 5.02. The van der Waals surface area contributed by atoms with E-state index in [4.69, 9.17) is 9.47 Å². The van der Waals surface area contributed by atoms with Gasteiger partial charge in [-0.25, -0.2) is 0 Å². The molecule has 0 radical (unpaired) electrons. The zero-order valence-electron chi connectivity index (χ0n) is 17.3. The molecule has 1 aliphatic heterocycles. The third-order valence-electron chi connectivity index (χ3n) is 5.02. The largest absolute Gasteiger partial charge is 0.507 e. The number of rotatable bonds is 9. The number of hydrogen-bond acceptors (Lipinski definition) is 6. The van der Waals surface area contributed by atoms with Crippen LogP contribution in [0.5, 0.6) is 11.5 Å². The summed E-state index contributed by atoms with van der Waals surface area (Å²) in [6.07, 6.45) is 1.94. The molecule has 1 aliphatic rings. The zero-order chi connectivity index (χ0) is 22.4. The predicted octanol–water partition coefficient (Wildman–Crippen LogP) is 3.06. The SMILES string of the molecule is C=CCOc1ccc(C(O)=C2C(=O)C(=O)N(CCCO)[C@H]2c2ccc(OC)cc2)cc1. The molecule has 1 atom stereocenters. The summed E-state index contributed by atoms with van der Waals surface area (Å²) in [7, 11) is 1.55. The molecule has 162 valence electrons. The molecule has 31 heavy (non-hydrogen) atoms. The summed E-state index contributed by atoms with van der Waals surface area (Å²) in [6.45, 7) is 4.00. The third kappa shape index (κ3) is 4.62. The maximum Gasteiger partial charge on any atom is 0.295 e. The number of carbonyl (C=O) groups excluding carboxylic acids is 2. The molecule has 3 rings (SSSR count). The van der Waals surface area contributed by atoms with E-state index in [1.54, 1.807) is 61.7 Å². The van der Waals surface area contributed by atoms with E-state index in [0.29, 0.717) is 35.7 Å². The molecule has 7 heteroatoms. The number of Topliss-reactive ketones (excluding diaryl/α,β-unsaturated/α-hetero) is 1. The maximum atomic E-state index is 12.9. The van der Waals surface area contributed by atoms with Crippen LogP contribution in [0.2, 0.25) is 0 Å². The highest BCUT2D eigenvalue weighted by Gasteiger charge is 2.45. The molecular formula is C24H25NO6. The van der Waals surface area contributed by atoms with Gasteiger partial charge in [-0.3, -0.25) is 9.59 Å². The van der Waals surface area contributed by atoms with Crippen LogP contribution in [0.4, 0.5) is 0 Å². The smallest absolute Gasteiger partial charge is 0.295 e. The normalized spacial score (nSPS) is 17.6. The van der Waals surface area contributed by atoms with E-state index in [-0.39, 0.29) is 24.5 Å². The van der Waals surface area contributed by atoms with Crippen molar-refractivity contribution in [1.82, 2.24) is 4.90 Å². The molecule has 7 nitrogen and oxygen atoms in total. The lowest BCUT2D eigenvalue weighted by Gasteiger charge is -2.25. The standard InChI is InChI=1S/C24H25NO6/c1-3-15-31-19-11-7-17(8-12-19)22(27)20-21(16-5-9-18(30-2)10-6-16)25(13-4-14-26)24(29)23(20)28/h3,5-12,21,26-27H,1,4,13-15H2,2H3/t21-/m0/s1. The lowest BCUT2D eigenvalue weighted by molar-refractivity contribution is -0.140. The highest BCUT2D eigenvalue weighted by Crippen LogP contribution is 2.40. The highest BCUT2D eigenvalue weighted by atomic mass is 16.5. The van der Waals surface area contributed by atoms with Gasteiger partial charge in [-0.15, -0.1) is 0 Å². The Morgan fingerprint density at radius 3 is 2.32 bits per heavy atom. The summed E-state index contributed by atoms with van der Waals surface area (Å²) in [6, 6.07) is 12.8. The van der Waals surface area contributed by atoms with Crippen molar-refractivity contribution in [3.8, 4) is 11.5 Å². The van der Waals surface area contributed by atoms with Crippen LogP contribution in [-0.4, -0.2) is 53.7 Å². The minimum Gasteiger partial charge on any atom is -0.507 e. The second-order valence-electron chi connectivity index (χ2n) is 6.97. The molecule has 0 saturated carbocycles. The van der Waals surface area contributed by atoms with Gasteiger partial charge in [0.1, 0.15) is 23.9 Å². The number of hydrogen-bond donors (Lipinski definition) is 2. The Kier molecular flexibility index (Phi) is 7.10. The van der Waals surface area contributed by atoms with Crippen molar-refractivity contribution in [3.63, 3.8) is 0 Å². The van der Waals surface area contributed by atoms with E-state index in [0.717, 1.165) is 0 Å². The number of benzene rings is 2. The Balaban J connectivity index is 2.05. The Hall–Kier alpha value is -3.58. The number of amides is 1. The average Bonchev–Trinajstić information content (AvgIpc) is 3.06. The van der Waals surface area contributed by atoms with E-state index >= 15 is 0 Å². The Morgan fingerprint density at radius 1 is 1.10 bits per heavy atom. The van der Waals surface area contributed by atoms with Crippen LogP contribution in [0.25, 0.3) is 5.76 Å². The number of ether oxygens (including phenoxy) is 2. The van der Waals surface area contributed by atoms with Crippen molar-refractivity contribution in [2.75, 3.05) is 26.9 Å². The predicted molar refractivity (Wildman–Crippen MR) is 116 cm³/mol. The van der Waals surface area contributed by atoms with Crippen molar-refractivity contribution in [2.24, 2.45) is 0 Å². The molecule has 0 unspecified atom stereocenters. The van der Waals surface area contributed by atoms with Crippen LogP contribution in [0.3, 0.4) is 0 Å². The minimum atomic E-state index is -0.769. The minimum absolute atomic E-state index is 0.00728. The number of aliphatic hydroxyl groups is 2. The lowest BCUT2D eigenvalue weighted by Crippen LogP contribution is -2.31. The lowest BCUT2D eigenvalue weighted by atomic mass is 9.95. The van der Waals surface area contributed by atoms with Gasteiger partial charge in [0.15, 0.2) is 0 Å². The first-order valence-electron chi connectivity index (χ1n) is 9.89. The molecular weight excluding hydrogens is 398 g/mol. The second-order valence-corrected chi connectivity index (χ2v) is 6.97. The Labute approximate surface area is 180 Å². The van der Waals surface area contributed by atoms with Crippen LogP contribution < -0.4 is 9.47 Å². The van der Waals surface area contributed by atoms with Crippen LogP contribution >= 0.6 is 0 Å². The average molecular weight is 423 g/mol. The molecule has 0 spiro atoms. The van der Waals surface area contributed by atoms with Crippen molar-refractivity contribution in [1.29, 1.82) is 0 Å². The molecule has 0 bridgehead atoms. The van der Waals surface area contributed by atoms with Gasteiger partial charge in [0.25, 0.3) is 11.7 Å². The van der Waals surface area contributed by atoms with Gasteiger partial charge in [-0.1, -0.05) is 24.8 Å². The highest BCUT2D eigenvalue weighted by molar-refractivity contribution is 6.46. The van der Waals surface area contributed by atoms with Crippen LogP contribution in [-0.2, 0) is 9.59 Å². The van der Waals surface area contributed by atoms with Crippen molar-refractivity contribution in [2.45, 2.75) is 12.5 Å². The molecule has 1 amide bonds. The number of carbonyl (C=O) groups is 2. The molecule has 2 aromatic carbocycles. The van der Waals surface area contributed by atoms with Crippen molar-refractivity contribution >= 4 is 17.4 Å². The number of nitrogens with zero attached hydrogens (tertiary/aromatic N) is 1. The van der Waals surface area contributed by atoms with E-state index < -0.39 is 17.7 Å². The van der Waals surface area contributed by atoms with Crippen LogP contribution in [0.1, 0.15) is 23.6 Å². The fourth-order valence-electron chi connectivity index (χ4n) is 3.50. The van der Waals surface area contributed by atoms with Crippen molar-refractivity contribution < 1.29 is 29.3 Å². The van der Waals surface area contributed by atoms with E-state index in [2.05, 4.69) is 6.58 Å². The van der Waals surface area contributed by atoms with Gasteiger partial charge < -0.3 is 24.6 Å². The number of methoxy groups -OCH3 is 1. The first kappa shape index (κ1) is 22.1. The van der Waals surface area contributed by atoms with Crippen LogP contribution in [0.15, 0.2) is 66.8 Å². The second kappa shape index (κ2) is 9.95. The van der Waals surface area contributed by atoms with Crippen molar-refractivity contribution in [3.05, 3.63) is 77.9 Å². The number of aliphatic hydroxyl groups excluding tert-OH is 2. The molecule has 1 saturated heterocycles. The molecule has 2 aromatic rings. The number of ketones is 1. The summed E-state index contributed by atoms with van der Waals surface area (Å²) >= 11 is 0. The van der Waals surface area contributed by atoms with E-state index in [1.165, 1.54) is 4.90 Å². The summed E-state index contributed by atoms with van der Waals surface area (Å²) in [5.74, 6) is -0.511. The van der Waals surface area contributed by atoms with Gasteiger partial charge in [0.2, 0.25) is 0 Å². The summed E-state index contributed by atoms with van der Waals surface area (Å²) in [5.41, 5.74) is 1.06. The molecule has 0 aliphatic carbocycles. The van der Waals surface area contributed by atoms with Gasteiger partial charge in [-0.2, -0.15) is 0 Å².